The molecule has 1 aromatic carbocycles. The van der Waals surface area contributed by atoms with E-state index in [1.807, 2.05) is 24.3 Å². The highest BCUT2D eigenvalue weighted by molar-refractivity contribution is 5.94. The van der Waals surface area contributed by atoms with E-state index in [1.165, 1.54) is 25.7 Å². The fraction of sp³-hybridized carbons (Fsp3) is 0.471. The van der Waals surface area contributed by atoms with Crippen molar-refractivity contribution in [1.82, 2.24) is 5.32 Å². The Morgan fingerprint density at radius 1 is 1.35 bits per heavy atom. The zero-order valence-corrected chi connectivity index (χ0v) is 12.2. The molecule has 0 bridgehead atoms. The third-order valence-corrected chi connectivity index (χ3v) is 3.86. The lowest BCUT2D eigenvalue weighted by Crippen LogP contribution is -2.26. The maximum absolute atomic E-state index is 11.8. The predicted molar refractivity (Wildman–Crippen MR) is 84.0 cm³/mol. The van der Waals surface area contributed by atoms with Gasteiger partial charge in [0.25, 0.3) is 5.91 Å². The summed E-state index contributed by atoms with van der Waals surface area (Å²) < 4.78 is 0. The van der Waals surface area contributed by atoms with Crippen molar-refractivity contribution in [3.8, 4) is 0 Å². The lowest BCUT2D eigenvalue weighted by molar-refractivity contribution is 0.0958. The Balaban J connectivity index is 1.90. The first kappa shape index (κ1) is 14.6. The first-order valence-corrected chi connectivity index (χ1v) is 7.44. The van der Waals surface area contributed by atoms with Crippen LogP contribution in [0.2, 0.25) is 0 Å². The third kappa shape index (κ3) is 4.12. The minimum Gasteiger partial charge on any atom is -0.382 e. The molecule has 0 aliphatic heterocycles. The molecule has 0 saturated heterocycles. The Hall–Kier alpha value is -1.77. The molecule has 1 amide bonds. The minimum atomic E-state index is -0.0530. The van der Waals surface area contributed by atoms with Crippen LogP contribution < -0.4 is 10.6 Å². The molecule has 1 saturated carbocycles. The zero-order valence-electron chi connectivity index (χ0n) is 12.2. The van der Waals surface area contributed by atoms with E-state index in [4.69, 9.17) is 0 Å². The molecular weight excluding hydrogens is 248 g/mol. The van der Waals surface area contributed by atoms with Gasteiger partial charge in [-0.25, -0.2) is 0 Å². The van der Waals surface area contributed by atoms with Crippen molar-refractivity contribution < 1.29 is 4.79 Å². The summed E-state index contributed by atoms with van der Waals surface area (Å²) in [6.45, 7) is 6.41. The molecule has 2 unspecified atom stereocenters. The lowest BCUT2D eigenvalue weighted by Gasteiger charge is -2.28. The second-order valence-corrected chi connectivity index (χ2v) is 5.69. The van der Waals surface area contributed by atoms with Crippen molar-refractivity contribution in [2.45, 2.75) is 38.6 Å². The van der Waals surface area contributed by atoms with Gasteiger partial charge < -0.3 is 10.6 Å². The van der Waals surface area contributed by atoms with E-state index >= 15 is 0 Å². The molecule has 3 heteroatoms. The Bertz CT molecular complexity index is 453. The summed E-state index contributed by atoms with van der Waals surface area (Å²) in [6, 6.07) is 8.28. The number of benzene rings is 1. The molecule has 108 valence electrons. The average Bonchev–Trinajstić information content (AvgIpc) is 2.45. The highest BCUT2D eigenvalue weighted by Gasteiger charge is 2.18. The molecule has 0 aromatic heterocycles. The number of carbonyl (C=O) groups is 1. The number of amides is 1. The van der Waals surface area contributed by atoms with Crippen LogP contribution in [0, 0.1) is 5.92 Å². The van der Waals surface area contributed by atoms with E-state index in [0.29, 0.717) is 18.2 Å². The van der Waals surface area contributed by atoms with Crippen molar-refractivity contribution >= 4 is 11.6 Å². The van der Waals surface area contributed by atoms with Gasteiger partial charge in [0.2, 0.25) is 0 Å². The van der Waals surface area contributed by atoms with E-state index in [-0.39, 0.29) is 5.91 Å². The van der Waals surface area contributed by atoms with Crippen molar-refractivity contribution in [3.63, 3.8) is 0 Å². The number of rotatable bonds is 5. The lowest BCUT2D eigenvalue weighted by atomic mass is 9.87. The van der Waals surface area contributed by atoms with Crippen molar-refractivity contribution in [1.29, 1.82) is 0 Å². The highest BCUT2D eigenvalue weighted by Crippen LogP contribution is 2.26. The van der Waals surface area contributed by atoms with Crippen LogP contribution in [-0.2, 0) is 0 Å². The number of hydrogen-bond donors (Lipinski definition) is 2. The maximum Gasteiger partial charge on any atom is 0.251 e. The Morgan fingerprint density at radius 3 is 2.75 bits per heavy atom. The number of anilines is 1. The van der Waals surface area contributed by atoms with Crippen molar-refractivity contribution in [2.75, 3.05) is 11.9 Å². The summed E-state index contributed by atoms with van der Waals surface area (Å²) >= 11 is 0. The standard InChI is InChI=1S/C17H24N2O/c1-3-11-18-17(20)14-7-9-15(10-8-14)19-16-6-4-5-13(2)12-16/h3,7-10,13,16,19H,1,4-6,11-12H2,2H3,(H,18,20). The number of carbonyl (C=O) groups excluding carboxylic acids is 1. The first-order valence-electron chi connectivity index (χ1n) is 7.44. The van der Waals surface area contributed by atoms with Crippen LogP contribution in [0.15, 0.2) is 36.9 Å². The number of hydrogen-bond acceptors (Lipinski definition) is 2. The monoisotopic (exact) mass is 272 g/mol. The molecule has 2 rings (SSSR count). The van der Waals surface area contributed by atoms with Gasteiger partial charge in [-0.2, -0.15) is 0 Å². The maximum atomic E-state index is 11.8. The summed E-state index contributed by atoms with van der Waals surface area (Å²) in [7, 11) is 0. The molecule has 1 aliphatic carbocycles. The summed E-state index contributed by atoms with van der Waals surface area (Å²) in [5.41, 5.74) is 1.79. The Kier molecular flexibility index (Phi) is 5.22. The summed E-state index contributed by atoms with van der Waals surface area (Å²) in [6.07, 6.45) is 6.81. The molecule has 1 aliphatic rings. The number of nitrogens with one attached hydrogen (secondary N) is 2. The van der Waals surface area contributed by atoms with Crippen LogP contribution in [0.3, 0.4) is 0 Å². The Labute approximate surface area is 121 Å². The predicted octanol–water partition coefficient (Wildman–Crippen LogP) is 3.59. The van der Waals surface area contributed by atoms with Gasteiger partial charge in [0.1, 0.15) is 0 Å². The summed E-state index contributed by atoms with van der Waals surface area (Å²) in [4.78, 5) is 11.8. The average molecular weight is 272 g/mol. The van der Waals surface area contributed by atoms with Crippen molar-refractivity contribution in [3.05, 3.63) is 42.5 Å². The molecule has 20 heavy (non-hydrogen) atoms. The fourth-order valence-corrected chi connectivity index (χ4v) is 2.79. The molecule has 0 heterocycles. The topological polar surface area (TPSA) is 41.1 Å². The van der Waals surface area contributed by atoms with Gasteiger partial charge in [0.15, 0.2) is 0 Å². The SMILES string of the molecule is C=CCNC(=O)c1ccc(NC2CCCC(C)C2)cc1. The van der Waals surface area contributed by atoms with Gasteiger partial charge in [-0.15, -0.1) is 6.58 Å². The van der Waals surface area contributed by atoms with Gasteiger partial charge in [-0.05, 0) is 43.0 Å². The highest BCUT2D eigenvalue weighted by atomic mass is 16.1. The Morgan fingerprint density at radius 2 is 2.10 bits per heavy atom. The first-order chi connectivity index (χ1) is 9.69. The van der Waals surface area contributed by atoms with E-state index in [0.717, 1.165) is 11.6 Å². The molecule has 3 nitrogen and oxygen atoms in total. The van der Waals surface area contributed by atoms with Gasteiger partial charge in [-0.1, -0.05) is 25.8 Å². The quantitative estimate of drug-likeness (QED) is 0.804. The molecule has 2 N–H and O–H groups in total. The van der Waals surface area contributed by atoms with Crippen molar-refractivity contribution in [2.24, 2.45) is 5.92 Å². The molecule has 0 spiro atoms. The molecule has 0 radical (unpaired) electrons. The van der Waals surface area contributed by atoms with Gasteiger partial charge in [0.05, 0.1) is 0 Å². The summed E-state index contributed by atoms with van der Waals surface area (Å²) in [5.74, 6) is 0.757. The smallest absolute Gasteiger partial charge is 0.251 e. The molecule has 1 aromatic rings. The second kappa shape index (κ2) is 7.13. The zero-order chi connectivity index (χ0) is 14.4. The van der Waals surface area contributed by atoms with E-state index in [9.17, 15) is 4.79 Å². The molecular formula is C17H24N2O. The van der Waals surface area contributed by atoms with Crippen LogP contribution in [0.4, 0.5) is 5.69 Å². The van der Waals surface area contributed by atoms with Gasteiger partial charge in [-0.3, -0.25) is 4.79 Å². The third-order valence-electron chi connectivity index (χ3n) is 3.86. The largest absolute Gasteiger partial charge is 0.382 e. The van der Waals surface area contributed by atoms with E-state index < -0.39 is 0 Å². The van der Waals surface area contributed by atoms with Gasteiger partial charge >= 0.3 is 0 Å². The van der Waals surface area contributed by atoms with Crippen LogP contribution in [-0.4, -0.2) is 18.5 Å². The second-order valence-electron chi connectivity index (χ2n) is 5.69. The van der Waals surface area contributed by atoms with Crippen LogP contribution >= 0.6 is 0 Å². The van der Waals surface area contributed by atoms with Crippen LogP contribution in [0.25, 0.3) is 0 Å². The fourth-order valence-electron chi connectivity index (χ4n) is 2.79. The van der Waals surface area contributed by atoms with E-state index in [1.54, 1.807) is 6.08 Å². The molecule has 2 atom stereocenters. The van der Waals surface area contributed by atoms with Crippen LogP contribution in [0.1, 0.15) is 43.0 Å². The normalized spacial score (nSPS) is 22.1. The van der Waals surface area contributed by atoms with Crippen LogP contribution in [0.5, 0.6) is 0 Å². The van der Waals surface area contributed by atoms with E-state index in [2.05, 4.69) is 24.1 Å². The van der Waals surface area contributed by atoms with Gasteiger partial charge in [0, 0.05) is 23.8 Å². The minimum absolute atomic E-state index is 0.0530. The summed E-state index contributed by atoms with van der Waals surface area (Å²) in [5, 5.41) is 6.35. The molecule has 1 fully saturated rings.